The predicted octanol–water partition coefficient (Wildman–Crippen LogP) is 8.01. The topological polar surface area (TPSA) is 0 Å². The monoisotopic (exact) mass is 320 g/mol. The first-order chi connectivity index (χ1) is 10.5. The lowest BCUT2D eigenvalue weighted by atomic mass is 9.55. The molecule has 0 heteroatoms. The van der Waals surface area contributed by atoms with Gasteiger partial charge < -0.3 is 0 Å². The summed E-state index contributed by atoms with van der Waals surface area (Å²) in [5.74, 6) is 0. The summed E-state index contributed by atoms with van der Waals surface area (Å²) < 4.78 is 0. The highest BCUT2D eigenvalue weighted by Gasteiger charge is 2.55. The first kappa shape index (κ1) is 19.3. The summed E-state index contributed by atoms with van der Waals surface area (Å²) in [6, 6.07) is 0. The summed E-state index contributed by atoms with van der Waals surface area (Å²) in [5, 5.41) is 0. The number of hydrogen-bond donors (Lipinski definition) is 0. The average Bonchev–Trinajstić information content (AvgIpc) is 2.53. The van der Waals surface area contributed by atoms with Crippen LogP contribution in [0.2, 0.25) is 0 Å². The lowest BCUT2D eigenvalue weighted by Crippen LogP contribution is -2.40. The Labute approximate surface area is 147 Å². The van der Waals surface area contributed by atoms with Crippen LogP contribution in [0.25, 0.3) is 0 Å². The summed E-state index contributed by atoms with van der Waals surface area (Å²) in [7, 11) is 0. The fraction of sp³-hybridized carbons (Fsp3) is 1.00. The first-order valence-electron chi connectivity index (χ1n) is 10.5. The van der Waals surface area contributed by atoms with Gasteiger partial charge in [-0.1, -0.05) is 61.8 Å². The van der Waals surface area contributed by atoms with Crippen LogP contribution in [0.15, 0.2) is 0 Å². The molecule has 0 saturated heterocycles. The van der Waals surface area contributed by atoms with Gasteiger partial charge in [-0.15, -0.1) is 0 Å². The zero-order chi connectivity index (χ0) is 17.6. The van der Waals surface area contributed by atoms with Crippen molar-refractivity contribution >= 4 is 0 Å². The van der Waals surface area contributed by atoms with Crippen LogP contribution in [0.5, 0.6) is 0 Å². The molecule has 4 rings (SSSR count). The van der Waals surface area contributed by atoms with Crippen molar-refractivity contribution in [2.45, 2.75) is 120 Å². The third-order valence-electron chi connectivity index (χ3n) is 9.23. The van der Waals surface area contributed by atoms with Gasteiger partial charge in [0, 0.05) is 0 Å². The maximum atomic E-state index is 2.66. The largest absolute Gasteiger partial charge is 0.0683 e. The Morgan fingerprint density at radius 3 is 1.48 bits per heavy atom. The highest BCUT2D eigenvalue weighted by molar-refractivity contribution is 5.05. The van der Waals surface area contributed by atoms with E-state index in [-0.39, 0.29) is 0 Å². The molecule has 0 aromatic rings. The predicted molar refractivity (Wildman–Crippen MR) is 104 cm³/mol. The fourth-order valence-corrected chi connectivity index (χ4v) is 6.28. The molecule has 0 aromatic heterocycles. The van der Waals surface area contributed by atoms with Gasteiger partial charge in [-0.25, -0.2) is 0 Å². The minimum atomic E-state index is 0.502. The van der Waals surface area contributed by atoms with E-state index >= 15 is 0 Å². The summed E-state index contributed by atoms with van der Waals surface area (Å²) in [4.78, 5) is 0. The maximum Gasteiger partial charge on any atom is -0.0269 e. The zero-order valence-corrected chi connectivity index (χ0v) is 17.6. The van der Waals surface area contributed by atoms with Crippen LogP contribution in [0.4, 0.5) is 0 Å². The Morgan fingerprint density at radius 1 is 0.478 bits per heavy atom. The van der Waals surface area contributed by atoms with Crippen LogP contribution in [0.1, 0.15) is 120 Å². The van der Waals surface area contributed by atoms with Crippen molar-refractivity contribution in [2.75, 3.05) is 0 Å². The molecule has 4 unspecified atom stereocenters. The normalized spacial score (nSPS) is 49.0. The van der Waals surface area contributed by atoms with E-state index in [9.17, 15) is 0 Å². The van der Waals surface area contributed by atoms with E-state index in [1.807, 2.05) is 13.8 Å². The molecule has 136 valence electrons. The maximum absolute atomic E-state index is 2.66. The highest BCUT2D eigenvalue weighted by atomic mass is 14.6. The summed E-state index contributed by atoms with van der Waals surface area (Å²) in [6.07, 6.45) is 14.7. The molecular formula is C23H44. The fourth-order valence-electron chi connectivity index (χ4n) is 6.28. The first-order valence-corrected chi connectivity index (χ1v) is 10.5. The smallest absolute Gasteiger partial charge is 0.0269 e. The number of fused-ring (bicyclic) bond motifs is 6. The van der Waals surface area contributed by atoms with Gasteiger partial charge >= 0.3 is 0 Å². The molecule has 0 aliphatic heterocycles. The average molecular weight is 321 g/mol. The van der Waals surface area contributed by atoms with Crippen molar-refractivity contribution in [1.29, 1.82) is 0 Å². The molecule has 0 N–H and O–H groups in total. The molecule has 0 heterocycles. The molecule has 4 aliphatic carbocycles. The Kier molecular flexibility index (Phi) is 5.10. The standard InChI is InChI=1S/C21H38.C2H6/c1-17(2)10-13-20(5)15-12-18(3)11-14-19(20,4)8-7-9-21(17,6)16-18;1-2/h7-16H2,1-6H3;1-2H3. The lowest BCUT2D eigenvalue weighted by molar-refractivity contribution is 0.00168. The SMILES string of the molecule is CC.CC12CCC3(C)CCCC(C)(C1)C(C)(C)CCC3(C)CC2. The molecule has 0 nitrogen and oxygen atoms in total. The van der Waals surface area contributed by atoms with Gasteiger partial charge in [0.25, 0.3) is 0 Å². The van der Waals surface area contributed by atoms with Crippen LogP contribution in [-0.4, -0.2) is 0 Å². The molecule has 4 atom stereocenters. The summed E-state index contributed by atoms with van der Waals surface area (Å²) in [6.45, 7) is 19.8. The van der Waals surface area contributed by atoms with E-state index in [0.717, 1.165) is 0 Å². The van der Waals surface area contributed by atoms with Crippen LogP contribution in [0, 0.1) is 27.1 Å². The Bertz CT molecular complexity index is 418. The Hall–Kier alpha value is 0. The minimum absolute atomic E-state index is 0.502. The van der Waals surface area contributed by atoms with Gasteiger partial charge in [0.05, 0.1) is 0 Å². The van der Waals surface area contributed by atoms with Crippen molar-refractivity contribution in [1.82, 2.24) is 0 Å². The molecule has 23 heavy (non-hydrogen) atoms. The van der Waals surface area contributed by atoms with Crippen molar-refractivity contribution in [3.63, 3.8) is 0 Å². The molecule has 0 aromatic carbocycles. The Balaban J connectivity index is 0.000000924. The van der Waals surface area contributed by atoms with Crippen LogP contribution >= 0.6 is 0 Å². The van der Waals surface area contributed by atoms with Crippen molar-refractivity contribution in [3.8, 4) is 0 Å². The number of hydrogen-bond acceptors (Lipinski definition) is 0. The number of rotatable bonds is 0. The molecule has 0 radical (unpaired) electrons. The van der Waals surface area contributed by atoms with Gasteiger partial charge in [0.15, 0.2) is 0 Å². The minimum Gasteiger partial charge on any atom is -0.0683 e. The molecule has 0 amide bonds. The molecule has 4 bridgehead atoms. The molecule has 4 fully saturated rings. The van der Waals surface area contributed by atoms with Crippen LogP contribution in [-0.2, 0) is 0 Å². The van der Waals surface area contributed by atoms with Crippen molar-refractivity contribution in [3.05, 3.63) is 0 Å². The summed E-state index contributed by atoms with van der Waals surface area (Å²) >= 11 is 0. The lowest BCUT2D eigenvalue weighted by Gasteiger charge is -2.50. The quantitative estimate of drug-likeness (QED) is 0.424. The second kappa shape index (κ2) is 6.06. The zero-order valence-electron chi connectivity index (χ0n) is 17.6. The summed E-state index contributed by atoms with van der Waals surface area (Å²) in [5.41, 5.74) is 2.82. The molecule has 4 aliphatic rings. The van der Waals surface area contributed by atoms with E-state index in [0.29, 0.717) is 27.1 Å². The molecule has 0 spiro atoms. The van der Waals surface area contributed by atoms with E-state index < -0.39 is 0 Å². The van der Waals surface area contributed by atoms with Gasteiger partial charge in [0.2, 0.25) is 0 Å². The van der Waals surface area contributed by atoms with E-state index in [2.05, 4.69) is 41.5 Å². The van der Waals surface area contributed by atoms with Crippen molar-refractivity contribution in [2.24, 2.45) is 27.1 Å². The van der Waals surface area contributed by atoms with E-state index in [4.69, 9.17) is 0 Å². The highest BCUT2D eigenvalue weighted by Crippen LogP contribution is 2.66. The van der Waals surface area contributed by atoms with E-state index in [1.54, 1.807) is 0 Å². The molecular weight excluding hydrogens is 276 g/mol. The van der Waals surface area contributed by atoms with Crippen LogP contribution < -0.4 is 0 Å². The third-order valence-corrected chi connectivity index (χ3v) is 9.23. The Morgan fingerprint density at radius 2 is 0.913 bits per heavy atom. The second-order valence-electron chi connectivity index (χ2n) is 10.9. The van der Waals surface area contributed by atoms with Gasteiger partial charge in [-0.2, -0.15) is 0 Å². The van der Waals surface area contributed by atoms with E-state index in [1.165, 1.54) is 64.2 Å². The van der Waals surface area contributed by atoms with Gasteiger partial charge in [0.1, 0.15) is 0 Å². The van der Waals surface area contributed by atoms with Crippen molar-refractivity contribution < 1.29 is 0 Å². The van der Waals surface area contributed by atoms with Gasteiger partial charge in [-0.3, -0.25) is 0 Å². The van der Waals surface area contributed by atoms with Gasteiger partial charge in [-0.05, 0) is 84.9 Å². The van der Waals surface area contributed by atoms with Crippen LogP contribution in [0.3, 0.4) is 0 Å². The third kappa shape index (κ3) is 3.13. The second-order valence-corrected chi connectivity index (χ2v) is 10.9. The molecule has 4 saturated carbocycles.